The van der Waals surface area contributed by atoms with Crippen molar-refractivity contribution in [2.45, 2.75) is 96.7 Å². The Labute approximate surface area is 150 Å². The van der Waals surface area contributed by atoms with Crippen molar-refractivity contribution in [3.8, 4) is 0 Å². The minimum absolute atomic E-state index is 0.147. The summed E-state index contributed by atoms with van der Waals surface area (Å²) in [6.07, 6.45) is 9.98. The molecule has 1 aromatic rings. The predicted octanol–water partition coefficient (Wildman–Crippen LogP) is 4.13. The molecule has 1 aromatic heterocycles. The van der Waals surface area contributed by atoms with Gasteiger partial charge in [-0.2, -0.15) is 4.98 Å². The van der Waals surface area contributed by atoms with Gasteiger partial charge in [0.1, 0.15) is 12.2 Å². The Kier molecular flexibility index (Phi) is 7.41. The van der Waals surface area contributed by atoms with Crippen LogP contribution in [-0.4, -0.2) is 26.8 Å². The third-order valence-corrected chi connectivity index (χ3v) is 4.70. The third kappa shape index (κ3) is 7.14. The van der Waals surface area contributed by atoms with Gasteiger partial charge in [0.15, 0.2) is 5.82 Å². The molecule has 142 valence electrons. The van der Waals surface area contributed by atoms with Crippen LogP contribution in [0.15, 0.2) is 4.52 Å². The normalized spacial score (nSPS) is 17.4. The average Bonchev–Trinajstić information content (AvgIpc) is 3.02. The SMILES string of the molecule is CC(C)(C)OC(=O)CC(CCCC1CCCCC1)c1nc(CO)no1. The van der Waals surface area contributed by atoms with Gasteiger partial charge in [-0.3, -0.25) is 4.79 Å². The number of aliphatic hydroxyl groups is 1. The van der Waals surface area contributed by atoms with Gasteiger partial charge in [-0.1, -0.05) is 50.1 Å². The van der Waals surface area contributed by atoms with E-state index in [0.717, 1.165) is 18.8 Å². The lowest BCUT2D eigenvalue weighted by Gasteiger charge is -2.23. The zero-order chi connectivity index (χ0) is 18.3. The fraction of sp³-hybridized carbons (Fsp3) is 0.842. The molecule has 2 rings (SSSR count). The van der Waals surface area contributed by atoms with E-state index in [1.807, 2.05) is 20.8 Å². The van der Waals surface area contributed by atoms with E-state index >= 15 is 0 Å². The molecular formula is C19H32N2O4. The zero-order valence-corrected chi connectivity index (χ0v) is 15.8. The van der Waals surface area contributed by atoms with E-state index in [1.165, 1.54) is 38.5 Å². The number of aromatic nitrogens is 2. The van der Waals surface area contributed by atoms with Gasteiger partial charge in [0.25, 0.3) is 0 Å². The maximum absolute atomic E-state index is 12.2. The highest BCUT2D eigenvalue weighted by Crippen LogP contribution is 2.31. The lowest BCUT2D eigenvalue weighted by atomic mass is 9.84. The van der Waals surface area contributed by atoms with Gasteiger partial charge in [0, 0.05) is 5.92 Å². The van der Waals surface area contributed by atoms with Crippen molar-refractivity contribution >= 4 is 5.97 Å². The van der Waals surface area contributed by atoms with Gasteiger partial charge in [0.2, 0.25) is 5.89 Å². The smallest absolute Gasteiger partial charge is 0.307 e. The number of ether oxygens (including phenoxy) is 1. The molecule has 0 radical (unpaired) electrons. The molecule has 1 N–H and O–H groups in total. The predicted molar refractivity (Wildman–Crippen MR) is 93.8 cm³/mol. The molecule has 1 aliphatic rings. The van der Waals surface area contributed by atoms with E-state index in [-0.39, 0.29) is 30.7 Å². The van der Waals surface area contributed by atoms with Crippen molar-refractivity contribution in [2.24, 2.45) is 5.92 Å². The van der Waals surface area contributed by atoms with Crippen LogP contribution in [0, 0.1) is 5.92 Å². The molecule has 0 amide bonds. The number of esters is 1. The quantitative estimate of drug-likeness (QED) is 0.708. The second-order valence-corrected chi connectivity index (χ2v) is 8.13. The van der Waals surface area contributed by atoms with Crippen LogP contribution >= 0.6 is 0 Å². The summed E-state index contributed by atoms with van der Waals surface area (Å²) >= 11 is 0. The summed E-state index contributed by atoms with van der Waals surface area (Å²) in [4.78, 5) is 16.4. The Bertz CT molecular complexity index is 530. The number of rotatable bonds is 8. The van der Waals surface area contributed by atoms with Crippen molar-refractivity contribution in [1.29, 1.82) is 0 Å². The molecular weight excluding hydrogens is 320 g/mol. The molecule has 6 heteroatoms. The number of aliphatic hydroxyl groups excluding tert-OH is 1. The highest BCUT2D eigenvalue weighted by atomic mass is 16.6. The second-order valence-electron chi connectivity index (χ2n) is 8.13. The Morgan fingerprint density at radius 2 is 2.04 bits per heavy atom. The summed E-state index contributed by atoms with van der Waals surface area (Å²) < 4.78 is 10.7. The van der Waals surface area contributed by atoms with Crippen molar-refractivity contribution in [3.05, 3.63) is 11.7 Å². The molecule has 0 aromatic carbocycles. The van der Waals surface area contributed by atoms with E-state index in [0.29, 0.717) is 5.89 Å². The minimum atomic E-state index is -0.505. The highest BCUT2D eigenvalue weighted by Gasteiger charge is 2.26. The Hall–Kier alpha value is -1.43. The molecule has 0 spiro atoms. The van der Waals surface area contributed by atoms with E-state index < -0.39 is 5.60 Å². The van der Waals surface area contributed by atoms with Crippen molar-refractivity contribution in [2.75, 3.05) is 0 Å². The highest BCUT2D eigenvalue weighted by molar-refractivity contribution is 5.70. The first-order valence-corrected chi connectivity index (χ1v) is 9.52. The first-order valence-electron chi connectivity index (χ1n) is 9.52. The first kappa shape index (κ1) is 19.9. The van der Waals surface area contributed by atoms with Gasteiger partial charge in [0.05, 0.1) is 6.42 Å². The monoisotopic (exact) mass is 352 g/mol. The summed E-state index contributed by atoms with van der Waals surface area (Å²) in [6.45, 7) is 5.32. The van der Waals surface area contributed by atoms with E-state index in [9.17, 15) is 4.79 Å². The van der Waals surface area contributed by atoms with Crippen molar-refractivity contribution < 1.29 is 19.2 Å². The largest absolute Gasteiger partial charge is 0.460 e. The van der Waals surface area contributed by atoms with Gasteiger partial charge in [-0.15, -0.1) is 0 Å². The maximum Gasteiger partial charge on any atom is 0.307 e. The van der Waals surface area contributed by atoms with Crippen LogP contribution in [0.2, 0.25) is 0 Å². The summed E-state index contributed by atoms with van der Waals surface area (Å²) in [5.74, 6) is 1.10. The fourth-order valence-corrected chi connectivity index (χ4v) is 3.52. The summed E-state index contributed by atoms with van der Waals surface area (Å²) in [5.41, 5.74) is -0.505. The fourth-order valence-electron chi connectivity index (χ4n) is 3.52. The molecule has 6 nitrogen and oxygen atoms in total. The third-order valence-electron chi connectivity index (χ3n) is 4.70. The molecule has 1 heterocycles. The van der Waals surface area contributed by atoms with Crippen LogP contribution in [0.5, 0.6) is 0 Å². The van der Waals surface area contributed by atoms with Crippen molar-refractivity contribution in [3.63, 3.8) is 0 Å². The van der Waals surface area contributed by atoms with Crippen LogP contribution in [0.1, 0.15) is 96.2 Å². The Balaban J connectivity index is 1.92. The van der Waals surface area contributed by atoms with E-state index in [1.54, 1.807) is 0 Å². The number of carbonyl (C=O) groups is 1. The molecule has 25 heavy (non-hydrogen) atoms. The first-order chi connectivity index (χ1) is 11.9. The van der Waals surface area contributed by atoms with E-state index in [2.05, 4.69) is 10.1 Å². The van der Waals surface area contributed by atoms with Crippen LogP contribution in [0.25, 0.3) is 0 Å². The van der Waals surface area contributed by atoms with Crippen LogP contribution in [-0.2, 0) is 16.1 Å². The molecule has 1 atom stereocenters. The summed E-state index contributed by atoms with van der Waals surface area (Å²) in [7, 11) is 0. The second kappa shape index (κ2) is 9.32. The lowest BCUT2D eigenvalue weighted by Crippen LogP contribution is -2.25. The van der Waals surface area contributed by atoms with Crippen LogP contribution in [0.3, 0.4) is 0 Å². The number of hydrogen-bond donors (Lipinski definition) is 1. The molecule has 0 aliphatic heterocycles. The van der Waals surface area contributed by atoms with Gasteiger partial charge >= 0.3 is 5.97 Å². The maximum atomic E-state index is 12.2. The van der Waals surface area contributed by atoms with Crippen molar-refractivity contribution in [1.82, 2.24) is 10.1 Å². The summed E-state index contributed by atoms with van der Waals surface area (Å²) in [5, 5.41) is 12.9. The molecule has 1 saturated carbocycles. The Morgan fingerprint density at radius 3 is 2.64 bits per heavy atom. The van der Waals surface area contributed by atoms with Gasteiger partial charge in [-0.05, 0) is 33.1 Å². The number of carbonyl (C=O) groups excluding carboxylic acids is 1. The van der Waals surface area contributed by atoms with Gasteiger partial charge in [-0.25, -0.2) is 0 Å². The number of hydrogen-bond acceptors (Lipinski definition) is 6. The topological polar surface area (TPSA) is 85.5 Å². The number of nitrogens with zero attached hydrogens (tertiary/aromatic N) is 2. The van der Waals surface area contributed by atoms with Gasteiger partial charge < -0.3 is 14.4 Å². The lowest BCUT2D eigenvalue weighted by molar-refractivity contribution is -0.155. The molecule has 1 unspecified atom stereocenters. The molecule has 0 saturated heterocycles. The molecule has 1 fully saturated rings. The van der Waals surface area contributed by atoms with E-state index in [4.69, 9.17) is 14.4 Å². The van der Waals surface area contributed by atoms with Crippen LogP contribution < -0.4 is 0 Å². The zero-order valence-electron chi connectivity index (χ0n) is 15.8. The molecule has 1 aliphatic carbocycles. The van der Waals surface area contributed by atoms with Crippen LogP contribution in [0.4, 0.5) is 0 Å². The molecule has 0 bridgehead atoms. The standard InChI is InChI=1S/C19H32N2O4/c1-19(2,3)24-17(23)12-15(18-20-16(13-22)21-25-18)11-7-10-14-8-5-4-6-9-14/h14-15,22H,4-13H2,1-3H3. The Morgan fingerprint density at radius 1 is 1.32 bits per heavy atom. The minimum Gasteiger partial charge on any atom is -0.460 e. The average molecular weight is 352 g/mol. The summed E-state index contributed by atoms with van der Waals surface area (Å²) in [6, 6.07) is 0.